The van der Waals surface area contributed by atoms with Gasteiger partial charge in [0.25, 0.3) is 0 Å². The van der Waals surface area contributed by atoms with Crippen LogP contribution in [0.3, 0.4) is 0 Å². The summed E-state index contributed by atoms with van der Waals surface area (Å²) < 4.78 is 0. The second-order valence-electron chi connectivity index (χ2n) is 4.17. The summed E-state index contributed by atoms with van der Waals surface area (Å²) in [7, 11) is 0. The number of aliphatic hydroxyl groups excluding tert-OH is 1. The fraction of sp³-hybridized carbons (Fsp3) is 0.133. The van der Waals surface area contributed by atoms with Crippen LogP contribution in [0.1, 0.15) is 5.56 Å². The van der Waals surface area contributed by atoms with Gasteiger partial charge in [0, 0.05) is 15.4 Å². The Bertz CT molecular complexity index is 625. The van der Waals surface area contributed by atoms with Crippen molar-refractivity contribution in [2.24, 2.45) is 4.99 Å². The summed E-state index contributed by atoms with van der Waals surface area (Å²) in [6.45, 7) is 0.464. The number of anilines is 1. The Balaban J connectivity index is 2.11. The van der Waals surface area contributed by atoms with Crippen LogP contribution in [-0.4, -0.2) is 24.1 Å². The molecular formula is C15H14N2OS. The van der Waals surface area contributed by atoms with Crippen LogP contribution in [0.4, 0.5) is 5.69 Å². The molecule has 0 unspecified atom stereocenters. The first-order valence-corrected chi connectivity index (χ1v) is 6.99. The van der Waals surface area contributed by atoms with Crippen LogP contribution in [0.15, 0.2) is 63.3 Å². The Morgan fingerprint density at radius 2 is 1.74 bits per heavy atom. The highest BCUT2D eigenvalue weighted by Crippen LogP contribution is 2.38. The molecule has 0 fully saturated rings. The van der Waals surface area contributed by atoms with Gasteiger partial charge in [-0.2, -0.15) is 0 Å². The van der Waals surface area contributed by atoms with Crippen molar-refractivity contribution in [1.82, 2.24) is 0 Å². The molecule has 1 aliphatic heterocycles. The van der Waals surface area contributed by atoms with Crippen molar-refractivity contribution in [3.05, 3.63) is 54.1 Å². The van der Waals surface area contributed by atoms with Crippen LogP contribution in [0, 0.1) is 0 Å². The number of para-hydroxylation sites is 1. The lowest BCUT2D eigenvalue weighted by Gasteiger charge is -2.09. The summed E-state index contributed by atoms with van der Waals surface area (Å²) in [4.78, 5) is 6.81. The van der Waals surface area contributed by atoms with Gasteiger partial charge in [-0.1, -0.05) is 42.1 Å². The van der Waals surface area contributed by atoms with Crippen molar-refractivity contribution in [3.8, 4) is 0 Å². The molecule has 2 N–H and O–H groups in total. The molecule has 0 saturated carbocycles. The molecule has 0 aliphatic carbocycles. The summed E-state index contributed by atoms with van der Waals surface area (Å²) in [5.41, 5.74) is 2.14. The third kappa shape index (κ3) is 2.50. The predicted molar refractivity (Wildman–Crippen MR) is 79.1 cm³/mol. The third-order valence-corrected chi connectivity index (χ3v) is 4.02. The van der Waals surface area contributed by atoms with Crippen molar-refractivity contribution in [1.29, 1.82) is 0 Å². The summed E-state index contributed by atoms with van der Waals surface area (Å²) in [5.74, 6) is 0.821. The average Bonchev–Trinajstić information content (AvgIpc) is 2.61. The number of rotatable bonds is 2. The number of nitrogens with one attached hydrogen (secondary N) is 1. The maximum Gasteiger partial charge on any atom is 0.133 e. The number of aliphatic imine (C=N–C) groups is 1. The molecule has 0 bridgehead atoms. The number of benzene rings is 2. The maximum atomic E-state index is 8.97. The van der Waals surface area contributed by atoms with Crippen molar-refractivity contribution < 1.29 is 5.11 Å². The highest BCUT2D eigenvalue weighted by atomic mass is 32.2. The summed E-state index contributed by atoms with van der Waals surface area (Å²) in [6.07, 6.45) is 0. The zero-order valence-corrected chi connectivity index (χ0v) is 11.2. The highest BCUT2D eigenvalue weighted by molar-refractivity contribution is 7.99. The second kappa shape index (κ2) is 5.47. The van der Waals surface area contributed by atoms with E-state index in [9.17, 15) is 0 Å². The van der Waals surface area contributed by atoms with Gasteiger partial charge in [0.05, 0.1) is 18.8 Å². The van der Waals surface area contributed by atoms with Gasteiger partial charge in [0.1, 0.15) is 5.84 Å². The van der Waals surface area contributed by atoms with Gasteiger partial charge in [-0.15, -0.1) is 0 Å². The zero-order chi connectivity index (χ0) is 13.1. The van der Waals surface area contributed by atoms with Gasteiger partial charge in [-0.3, -0.25) is 4.99 Å². The minimum absolute atomic E-state index is 0.0577. The quantitative estimate of drug-likeness (QED) is 0.881. The van der Waals surface area contributed by atoms with E-state index in [4.69, 9.17) is 5.11 Å². The van der Waals surface area contributed by atoms with Crippen LogP contribution < -0.4 is 5.32 Å². The maximum absolute atomic E-state index is 8.97. The standard InChI is InChI=1S/C15H14N2OS/c18-10-9-16-15-11-5-1-3-7-13(11)19-14-8-4-2-6-12(14)17-15/h1-8,18H,9-10H2,(H,16,17). The number of amidine groups is 1. The van der Waals surface area contributed by atoms with Crippen molar-refractivity contribution in [2.75, 3.05) is 18.5 Å². The first-order chi connectivity index (χ1) is 9.38. The summed E-state index contributed by atoms with van der Waals surface area (Å²) in [6, 6.07) is 16.4. The molecule has 0 amide bonds. The average molecular weight is 270 g/mol. The molecular weight excluding hydrogens is 256 g/mol. The summed E-state index contributed by atoms with van der Waals surface area (Å²) >= 11 is 1.73. The molecule has 3 nitrogen and oxygen atoms in total. The Labute approximate surface area is 116 Å². The number of hydrogen-bond acceptors (Lipinski definition) is 3. The molecule has 0 spiro atoms. The second-order valence-corrected chi connectivity index (χ2v) is 5.26. The van der Waals surface area contributed by atoms with E-state index in [0.717, 1.165) is 17.1 Å². The number of nitrogens with zero attached hydrogens (tertiary/aromatic N) is 1. The van der Waals surface area contributed by atoms with E-state index in [2.05, 4.69) is 28.5 Å². The zero-order valence-electron chi connectivity index (χ0n) is 10.3. The van der Waals surface area contributed by atoms with Crippen molar-refractivity contribution in [2.45, 2.75) is 9.79 Å². The minimum atomic E-state index is 0.0577. The molecule has 19 heavy (non-hydrogen) atoms. The third-order valence-electron chi connectivity index (χ3n) is 2.87. The number of aliphatic hydroxyl groups is 1. The topological polar surface area (TPSA) is 44.6 Å². The lowest BCUT2D eigenvalue weighted by Crippen LogP contribution is -2.14. The monoisotopic (exact) mass is 270 g/mol. The Morgan fingerprint density at radius 3 is 2.58 bits per heavy atom. The molecule has 0 radical (unpaired) electrons. The first-order valence-electron chi connectivity index (χ1n) is 6.17. The Kier molecular flexibility index (Phi) is 3.53. The molecule has 1 heterocycles. The molecule has 4 heteroatoms. The number of hydrogen-bond donors (Lipinski definition) is 2. The molecule has 3 rings (SSSR count). The van der Waals surface area contributed by atoms with E-state index in [-0.39, 0.29) is 6.61 Å². The normalized spacial score (nSPS) is 15.3. The lowest BCUT2D eigenvalue weighted by molar-refractivity contribution is 0.307. The van der Waals surface area contributed by atoms with Gasteiger partial charge in [0.15, 0.2) is 0 Å². The van der Waals surface area contributed by atoms with E-state index < -0.39 is 0 Å². The van der Waals surface area contributed by atoms with Gasteiger partial charge in [-0.25, -0.2) is 0 Å². The van der Waals surface area contributed by atoms with E-state index in [1.54, 1.807) is 11.8 Å². The number of fused-ring (bicyclic) bond motifs is 2. The van der Waals surface area contributed by atoms with Crippen LogP contribution in [0.25, 0.3) is 0 Å². The summed E-state index contributed by atoms with van der Waals surface area (Å²) in [5, 5.41) is 12.3. The molecule has 2 aromatic rings. The van der Waals surface area contributed by atoms with Gasteiger partial charge >= 0.3 is 0 Å². The molecule has 1 aliphatic rings. The predicted octanol–water partition coefficient (Wildman–Crippen LogP) is 3.00. The molecule has 96 valence electrons. The Morgan fingerprint density at radius 1 is 1.00 bits per heavy atom. The van der Waals surface area contributed by atoms with E-state index >= 15 is 0 Å². The minimum Gasteiger partial charge on any atom is -0.394 e. The van der Waals surface area contributed by atoms with Gasteiger partial charge in [-0.05, 0) is 18.2 Å². The van der Waals surface area contributed by atoms with Crippen LogP contribution >= 0.6 is 11.8 Å². The van der Waals surface area contributed by atoms with Crippen LogP contribution in [-0.2, 0) is 0 Å². The lowest BCUT2D eigenvalue weighted by atomic mass is 10.2. The highest BCUT2D eigenvalue weighted by Gasteiger charge is 2.17. The first kappa shape index (κ1) is 12.3. The van der Waals surface area contributed by atoms with Gasteiger partial charge in [0.2, 0.25) is 0 Å². The van der Waals surface area contributed by atoms with Crippen LogP contribution in [0.5, 0.6) is 0 Å². The smallest absolute Gasteiger partial charge is 0.133 e. The van der Waals surface area contributed by atoms with Crippen LogP contribution in [0.2, 0.25) is 0 Å². The van der Waals surface area contributed by atoms with Crippen molar-refractivity contribution in [3.63, 3.8) is 0 Å². The van der Waals surface area contributed by atoms with Gasteiger partial charge < -0.3 is 10.4 Å². The SMILES string of the molecule is OCCN=C1Nc2ccccc2Sc2ccccc21. The fourth-order valence-corrected chi connectivity index (χ4v) is 3.04. The van der Waals surface area contributed by atoms with E-state index in [1.807, 2.05) is 30.3 Å². The molecule has 0 saturated heterocycles. The largest absolute Gasteiger partial charge is 0.394 e. The van der Waals surface area contributed by atoms with E-state index in [0.29, 0.717) is 6.54 Å². The fourth-order valence-electron chi connectivity index (χ4n) is 2.01. The Hall–Kier alpha value is -1.78. The molecule has 0 atom stereocenters. The molecule has 2 aromatic carbocycles. The van der Waals surface area contributed by atoms with Crippen molar-refractivity contribution >= 4 is 23.3 Å². The van der Waals surface area contributed by atoms with E-state index in [1.165, 1.54) is 9.79 Å². The molecule has 0 aromatic heterocycles.